The van der Waals surface area contributed by atoms with Gasteiger partial charge in [0.15, 0.2) is 6.29 Å². The highest BCUT2D eigenvalue weighted by molar-refractivity contribution is 5.97. The normalized spacial score (nSPS) is 13.7. The quantitative estimate of drug-likeness (QED) is 0.426. The minimum Gasteiger partial charge on any atom is -0.489 e. The van der Waals surface area contributed by atoms with Crippen LogP contribution in [0.1, 0.15) is 59.8 Å². The summed E-state index contributed by atoms with van der Waals surface area (Å²) in [6.07, 6.45) is 1.40. The van der Waals surface area contributed by atoms with E-state index in [1.54, 1.807) is 29.9 Å². The fraction of sp³-hybridized carbons (Fsp3) is 0.478. The van der Waals surface area contributed by atoms with Crippen LogP contribution in [0.5, 0.6) is 5.75 Å². The van der Waals surface area contributed by atoms with Gasteiger partial charge in [-0.05, 0) is 38.5 Å². The van der Waals surface area contributed by atoms with E-state index in [1.165, 1.54) is 7.11 Å². The number of aryl methyl sites for hydroxylation is 2. The molecule has 1 aromatic carbocycles. The van der Waals surface area contributed by atoms with Crippen molar-refractivity contribution in [1.82, 2.24) is 19.3 Å². The predicted octanol–water partition coefficient (Wildman–Crippen LogP) is 3.23. The molecule has 1 aliphatic rings. The van der Waals surface area contributed by atoms with E-state index in [1.807, 2.05) is 32.3 Å². The van der Waals surface area contributed by atoms with Gasteiger partial charge in [-0.2, -0.15) is 5.10 Å². The van der Waals surface area contributed by atoms with Crippen LogP contribution in [-0.2, 0) is 11.3 Å². The van der Waals surface area contributed by atoms with Crippen molar-refractivity contribution < 1.29 is 24.2 Å². The van der Waals surface area contributed by atoms with Crippen molar-refractivity contribution in [2.24, 2.45) is 0 Å². The maximum atomic E-state index is 11.7. The molecule has 1 atom stereocenters. The van der Waals surface area contributed by atoms with Crippen molar-refractivity contribution in [3.63, 3.8) is 0 Å². The molecule has 0 fully saturated rings. The Kier molecular flexibility index (Phi) is 9.41. The summed E-state index contributed by atoms with van der Waals surface area (Å²) in [6, 6.07) is 5.14. The van der Waals surface area contributed by atoms with E-state index in [9.17, 15) is 14.7 Å². The van der Waals surface area contributed by atoms with Gasteiger partial charge in [0.25, 0.3) is 0 Å². The third-order valence-electron chi connectivity index (χ3n) is 5.01. The molecule has 4 rings (SSSR count). The summed E-state index contributed by atoms with van der Waals surface area (Å²) in [5.41, 5.74) is 3.45. The third kappa shape index (κ3) is 5.51. The lowest BCUT2D eigenvalue weighted by Gasteiger charge is -2.26. The summed E-state index contributed by atoms with van der Waals surface area (Å²) < 4.78 is 14.2. The number of anilines is 1. The summed E-state index contributed by atoms with van der Waals surface area (Å²) in [7, 11) is 3.13. The van der Waals surface area contributed by atoms with Gasteiger partial charge < -0.3 is 24.5 Å². The number of nitrogens with one attached hydrogen (secondary N) is 1. The predicted molar refractivity (Wildman–Crippen MR) is 126 cm³/mol. The second kappa shape index (κ2) is 12.0. The first kappa shape index (κ1) is 25.9. The van der Waals surface area contributed by atoms with Crippen LogP contribution in [0, 0.1) is 6.92 Å². The first-order chi connectivity index (χ1) is 16.0. The van der Waals surface area contributed by atoms with Gasteiger partial charge in [-0.1, -0.05) is 13.8 Å². The molecule has 0 amide bonds. The SMILES string of the molecule is CC.CCn1nc(C)cc1C=O.CNc1nc2cc(C(=O)OC)cc3c2n1C(CCO)CO3. The smallest absolute Gasteiger partial charge is 0.338 e. The molecule has 0 aliphatic carbocycles. The molecule has 0 saturated heterocycles. The van der Waals surface area contributed by atoms with Crippen LogP contribution in [-0.4, -0.2) is 64.1 Å². The van der Waals surface area contributed by atoms with Gasteiger partial charge >= 0.3 is 5.97 Å². The first-order valence-corrected chi connectivity index (χ1v) is 11.0. The molecular formula is C23H33N5O5. The summed E-state index contributed by atoms with van der Waals surface area (Å²) in [5.74, 6) is 0.876. The van der Waals surface area contributed by atoms with Gasteiger partial charge in [0.1, 0.15) is 23.6 Å². The number of aliphatic hydroxyl groups excluding tert-OH is 1. The van der Waals surface area contributed by atoms with Crippen molar-refractivity contribution in [1.29, 1.82) is 0 Å². The van der Waals surface area contributed by atoms with Crippen LogP contribution in [0.15, 0.2) is 18.2 Å². The van der Waals surface area contributed by atoms with Gasteiger partial charge in [0, 0.05) is 20.2 Å². The van der Waals surface area contributed by atoms with E-state index in [-0.39, 0.29) is 12.6 Å². The number of rotatable bonds is 6. The number of esters is 1. The molecule has 180 valence electrons. The Balaban J connectivity index is 0.000000270. The molecule has 3 heterocycles. The molecule has 10 heteroatoms. The van der Waals surface area contributed by atoms with Crippen LogP contribution in [0.25, 0.3) is 11.0 Å². The highest BCUT2D eigenvalue weighted by Crippen LogP contribution is 2.37. The Morgan fingerprint density at radius 3 is 2.64 bits per heavy atom. The van der Waals surface area contributed by atoms with Crippen LogP contribution in [0.3, 0.4) is 0 Å². The second-order valence-electron chi connectivity index (χ2n) is 7.01. The molecule has 1 aliphatic heterocycles. The number of carbonyl (C=O) groups is 2. The molecule has 0 spiro atoms. The number of aldehydes is 1. The highest BCUT2D eigenvalue weighted by Gasteiger charge is 2.27. The van der Waals surface area contributed by atoms with Gasteiger partial charge in [-0.3, -0.25) is 9.48 Å². The average molecular weight is 460 g/mol. The van der Waals surface area contributed by atoms with Crippen LogP contribution >= 0.6 is 0 Å². The molecule has 0 saturated carbocycles. The second-order valence-corrected chi connectivity index (χ2v) is 7.01. The summed E-state index contributed by atoms with van der Waals surface area (Å²) in [5, 5.41) is 16.3. The Hall–Kier alpha value is -3.40. The van der Waals surface area contributed by atoms with Gasteiger partial charge in [-0.15, -0.1) is 0 Å². The van der Waals surface area contributed by atoms with Gasteiger partial charge in [-0.25, -0.2) is 9.78 Å². The number of imidazole rings is 1. The molecule has 0 radical (unpaired) electrons. The number of aliphatic hydroxyl groups is 1. The average Bonchev–Trinajstić information content (AvgIpc) is 3.42. The minimum absolute atomic E-state index is 0.0129. The van der Waals surface area contributed by atoms with E-state index >= 15 is 0 Å². The number of aromatic nitrogens is 4. The maximum absolute atomic E-state index is 11.7. The van der Waals surface area contributed by atoms with Crippen molar-refractivity contribution in [3.8, 4) is 5.75 Å². The molecule has 0 bridgehead atoms. The molecule has 2 N–H and O–H groups in total. The van der Waals surface area contributed by atoms with Crippen molar-refractivity contribution in [3.05, 3.63) is 35.2 Å². The Morgan fingerprint density at radius 2 is 2.09 bits per heavy atom. The van der Waals surface area contributed by atoms with Crippen molar-refractivity contribution >= 4 is 29.2 Å². The van der Waals surface area contributed by atoms with E-state index in [2.05, 4.69) is 15.4 Å². The Bertz CT molecular complexity index is 1090. The third-order valence-corrected chi connectivity index (χ3v) is 5.01. The number of benzene rings is 1. The summed E-state index contributed by atoms with van der Waals surface area (Å²) in [4.78, 5) is 26.5. The minimum atomic E-state index is -0.421. The highest BCUT2D eigenvalue weighted by atomic mass is 16.5. The lowest BCUT2D eigenvalue weighted by atomic mass is 10.1. The van der Waals surface area contributed by atoms with E-state index in [4.69, 9.17) is 9.47 Å². The number of ether oxygens (including phenoxy) is 2. The van der Waals surface area contributed by atoms with Crippen LogP contribution in [0.4, 0.5) is 5.95 Å². The topological polar surface area (TPSA) is 120 Å². The zero-order chi connectivity index (χ0) is 24.5. The number of nitrogens with zero attached hydrogens (tertiary/aromatic N) is 4. The Morgan fingerprint density at radius 1 is 1.36 bits per heavy atom. The van der Waals surface area contributed by atoms with Crippen LogP contribution < -0.4 is 10.1 Å². The number of carbonyl (C=O) groups excluding carboxylic acids is 2. The van der Waals surface area contributed by atoms with Gasteiger partial charge in [0.2, 0.25) is 5.95 Å². The number of methoxy groups -OCH3 is 1. The standard InChI is InChI=1S/C14H17N3O4.C7H10N2O.C2H6/c1-15-14-16-10-5-8(13(19)20-2)6-11-12(10)17(14)9(3-4-18)7-21-11;1-3-9-7(5-10)4-6(2)8-9;1-2/h5-6,9,18H,3-4,7H2,1-2H3,(H,15,16);4-5H,3H2,1-2H3;1-2H3. The fourth-order valence-corrected chi connectivity index (χ4v) is 3.61. The largest absolute Gasteiger partial charge is 0.489 e. The molecule has 10 nitrogen and oxygen atoms in total. The lowest BCUT2D eigenvalue weighted by Crippen LogP contribution is -2.24. The number of hydrogen-bond acceptors (Lipinski definition) is 8. The summed E-state index contributed by atoms with van der Waals surface area (Å²) >= 11 is 0. The Labute approximate surface area is 193 Å². The van der Waals surface area contributed by atoms with Crippen molar-refractivity contribution in [2.45, 2.75) is 46.7 Å². The molecule has 1 unspecified atom stereocenters. The zero-order valence-electron chi connectivity index (χ0n) is 20.1. The van der Waals surface area contributed by atoms with E-state index < -0.39 is 5.97 Å². The van der Waals surface area contributed by atoms with E-state index in [0.29, 0.717) is 41.5 Å². The summed E-state index contributed by atoms with van der Waals surface area (Å²) in [6.45, 7) is 9.09. The van der Waals surface area contributed by atoms with E-state index in [0.717, 1.165) is 24.0 Å². The number of hydrogen-bond donors (Lipinski definition) is 2. The van der Waals surface area contributed by atoms with Gasteiger partial charge in [0.05, 0.1) is 29.9 Å². The molecule has 33 heavy (non-hydrogen) atoms. The fourth-order valence-electron chi connectivity index (χ4n) is 3.61. The monoisotopic (exact) mass is 459 g/mol. The maximum Gasteiger partial charge on any atom is 0.338 e. The lowest BCUT2D eigenvalue weighted by molar-refractivity contribution is 0.0600. The first-order valence-electron chi connectivity index (χ1n) is 11.0. The van der Waals surface area contributed by atoms with Crippen LogP contribution in [0.2, 0.25) is 0 Å². The molecule has 2 aromatic heterocycles. The zero-order valence-corrected chi connectivity index (χ0v) is 20.1. The van der Waals surface area contributed by atoms with Crippen molar-refractivity contribution in [2.75, 3.05) is 32.7 Å². The molecular weight excluding hydrogens is 426 g/mol. The molecule has 3 aromatic rings.